The van der Waals surface area contributed by atoms with Crippen LogP contribution in [0.15, 0.2) is 57.9 Å². The van der Waals surface area contributed by atoms with Crippen molar-refractivity contribution in [3.05, 3.63) is 64.5 Å². The molecule has 4 aromatic rings. The van der Waals surface area contributed by atoms with Crippen molar-refractivity contribution in [3.8, 4) is 5.75 Å². The topological polar surface area (TPSA) is 81.4 Å². The van der Waals surface area contributed by atoms with E-state index in [2.05, 4.69) is 10.3 Å². The van der Waals surface area contributed by atoms with Crippen LogP contribution in [0.3, 0.4) is 0 Å². The van der Waals surface area contributed by atoms with E-state index in [-0.39, 0.29) is 11.0 Å². The first kappa shape index (κ1) is 15.3. The number of rotatable bonds is 3. The van der Waals surface area contributed by atoms with Crippen molar-refractivity contribution in [2.24, 2.45) is 0 Å². The summed E-state index contributed by atoms with van der Waals surface area (Å²) in [4.78, 5) is 29.3. The van der Waals surface area contributed by atoms with Crippen LogP contribution < -0.4 is 15.5 Å². The zero-order chi connectivity index (χ0) is 17.4. The van der Waals surface area contributed by atoms with Gasteiger partial charge in [-0.25, -0.2) is 4.98 Å². The molecule has 0 aliphatic rings. The minimum absolute atomic E-state index is 0.0649. The molecular weight excluding hydrogens is 340 g/mol. The van der Waals surface area contributed by atoms with E-state index in [1.54, 1.807) is 37.4 Å². The van der Waals surface area contributed by atoms with Gasteiger partial charge in [-0.3, -0.25) is 14.9 Å². The van der Waals surface area contributed by atoms with Gasteiger partial charge < -0.3 is 9.15 Å². The third-order valence-corrected chi connectivity index (χ3v) is 4.68. The number of nitrogens with one attached hydrogen (secondary N) is 1. The number of aromatic nitrogens is 1. The second kappa shape index (κ2) is 6.03. The standard InChI is InChI=1S/C18H12N2O4S/c1-23-13-7-4-8-14-15(13)19-18(25-14)20-17(22)11-9-24-12-6-3-2-5-10(12)16(11)21/h2-9H,1H3,(H,19,20,22). The molecule has 1 amide bonds. The lowest BCUT2D eigenvalue weighted by Crippen LogP contribution is -2.21. The third kappa shape index (κ3) is 2.64. The summed E-state index contributed by atoms with van der Waals surface area (Å²) in [6.07, 6.45) is 1.17. The van der Waals surface area contributed by atoms with Crippen molar-refractivity contribution < 1.29 is 13.9 Å². The van der Waals surface area contributed by atoms with Crippen LogP contribution in [0.25, 0.3) is 21.2 Å². The van der Waals surface area contributed by atoms with Gasteiger partial charge in [0.25, 0.3) is 5.91 Å². The van der Waals surface area contributed by atoms with Gasteiger partial charge in [0.05, 0.1) is 17.2 Å². The molecule has 1 N–H and O–H groups in total. The number of thiazole rings is 1. The second-order valence-electron chi connectivity index (χ2n) is 5.25. The summed E-state index contributed by atoms with van der Waals surface area (Å²) in [5, 5.41) is 3.41. The van der Waals surface area contributed by atoms with Crippen molar-refractivity contribution >= 4 is 43.6 Å². The summed E-state index contributed by atoms with van der Waals surface area (Å²) >= 11 is 1.30. The van der Waals surface area contributed by atoms with E-state index >= 15 is 0 Å². The van der Waals surface area contributed by atoms with E-state index in [1.165, 1.54) is 17.6 Å². The minimum atomic E-state index is -0.558. The van der Waals surface area contributed by atoms with Gasteiger partial charge in [-0.2, -0.15) is 0 Å². The quantitative estimate of drug-likeness (QED) is 0.608. The van der Waals surface area contributed by atoms with Gasteiger partial charge in [0, 0.05) is 0 Å². The fraction of sp³-hybridized carbons (Fsp3) is 0.0556. The number of methoxy groups -OCH3 is 1. The highest BCUT2D eigenvalue weighted by molar-refractivity contribution is 7.22. The van der Waals surface area contributed by atoms with Crippen molar-refractivity contribution in [3.63, 3.8) is 0 Å². The molecular formula is C18H12N2O4S. The Kier molecular flexibility index (Phi) is 3.70. The maximum atomic E-state index is 12.5. The van der Waals surface area contributed by atoms with E-state index < -0.39 is 5.91 Å². The molecule has 25 heavy (non-hydrogen) atoms. The molecule has 6 nitrogen and oxygen atoms in total. The number of hydrogen-bond donors (Lipinski definition) is 1. The largest absolute Gasteiger partial charge is 0.494 e. The van der Waals surface area contributed by atoms with E-state index in [0.717, 1.165) is 4.70 Å². The number of para-hydroxylation sites is 2. The number of carbonyl (C=O) groups is 1. The number of benzene rings is 2. The highest BCUT2D eigenvalue weighted by atomic mass is 32.1. The Balaban J connectivity index is 1.71. The fourth-order valence-corrected chi connectivity index (χ4v) is 3.42. The van der Waals surface area contributed by atoms with Gasteiger partial charge in [0.15, 0.2) is 5.13 Å². The van der Waals surface area contributed by atoms with Crippen LogP contribution in [-0.2, 0) is 0 Å². The molecule has 0 atom stereocenters. The SMILES string of the molecule is COc1cccc2sc(NC(=O)c3coc4ccccc4c3=O)nc12. The summed E-state index contributed by atoms with van der Waals surface area (Å²) in [6, 6.07) is 12.3. The Hall–Kier alpha value is -3.19. The summed E-state index contributed by atoms with van der Waals surface area (Å²) in [6.45, 7) is 0. The van der Waals surface area contributed by atoms with Crippen LogP contribution >= 0.6 is 11.3 Å². The van der Waals surface area contributed by atoms with Gasteiger partial charge in [-0.05, 0) is 24.3 Å². The number of ether oxygens (including phenoxy) is 1. The van der Waals surface area contributed by atoms with Gasteiger partial charge in [0.1, 0.15) is 28.7 Å². The highest BCUT2D eigenvalue weighted by Gasteiger charge is 2.17. The first-order valence-corrected chi connectivity index (χ1v) is 8.24. The Bertz CT molecular complexity index is 1160. The lowest BCUT2D eigenvalue weighted by atomic mass is 10.1. The average molecular weight is 352 g/mol. The maximum absolute atomic E-state index is 12.5. The van der Waals surface area contributed by atoms with Gasteiger partial charge in [-0.15, -0.1) is 0 Å². The monoisotopic (exact) mass is 352 g/mol. The molecule has 0 spiro atoms. The molecule has 0 aliphatic carbocycles. The van der Waals surface area contributed by atoms with Gasteiger partial charge >= 0.3 is 0 Å². The number of hydrogen-bond acceptors (Lipinski definition) is 6. The zero-order valence-corrected chi connectivity index (χ0v) is 13.9. The lowest BCUT2D eigenvalue weighted by Gasteiger charge is -2.02. The molecule has 2 aromatic heterocycles. The smallest absolute Gasteiger partial charge is 0.264 e. The number of carbonyl (C=O) groups excluding carboxylic acids is 1. The molecule has 0 saturated heterocycles. The highest BCUT2D eigenvalue weighted by Crippen LogP contribution is 2.32. The first-order chi connectivity index (χ1) is 12.2. The summed E-state index contributed by atoms with van der Waals surface area (Å²) in [5.74, 6) is 0.0667. The number of amides is 1. The number of nitrogens with zero attached hydrogens (tertiary/aromatic N) is 1. The van der Waals surface area contributed by atoms with E-state index in [9.17, 15) is 9.59 Å². The lowest BCUT2D eigenvalue weighted by molar-refractivity contribution is 0.102. The summed E-state index contributed by atoms with van der Waals surface area (Å²) < 4.78 is 11.5. The molecule has 0 aliphatic heterocycles. The molecule has 124 valence electrons. The predicted molar refractivity (Wildman–Crippen MR) is 96.6 cm³/mol. The van der Waals surface area contributed by atoms with Crippen LogP contribution in [-0.4, -0.2) is 18.0 Å². The molecule has 0 fully saturated rings. The first-order valence-electron chi connectivity index (χ1n) is 7.43. The fourth-order valence-electron chi connectivity index (χ4n) is 2.54. The third-order valence-electron chi connectivity index (χ3n) is 3.75. The van der Waals surface area contributed by atoms with Crippen LogP contribution in [0.2, 0.25) is 0 Å². The average Bonchev–Trinajstić information content (AvgIpc) is 3.04. The zero-order valence-electron chi connectivity index (χ0n) is 13.1. The summed E-state index contributed by atoms with van der Waals surface area (Å²) in [7, 11) is 1.56. The van der Waals surface area contributed by atoms with Crippen LogP contribution in [0, 0.1) is 0 Å². The van der Waals surface area contributed by atoms with Crippen LogP contribution in [0.1, 0.15) is 10.4 Å². The summed E-state index contributed by atoms with van der Waals surface area (Å²) in [5.41, 5.74) is 0.660. The number of fused-ring (bicyclic) bond motifs is 2. The molecule has 2 aromatic carbocycles. The van der Waals surface area contributed by atoms with Crippen molar-refractivity contribution in [1.29, 1.82) is 0 Å². The maximum Gasteiger partial charge on any atom is 0.264 e. The number of anilines is 1. The minimum Gasteiger partial charge on any atom is -0.494 e. The van der Waals surface area contributed by atoms with Crippen LogP contribution in [0.4, 0.5) is 5.13 Å². The van der Waals surface area contributed by atoms with Crippen molar-refractivity contribution in [1.82, 2.24) is 4.98 Å². The molecule has 0 unspecified atom stereocenters. The molecule has 0 radical (unpaired) electrons. The van der Waals surface area contributed by atoms with Crippen LogP contribution in [0.5, 0.6) is 5.75 Å². The Morgan fingerprint density at radius 3 is 2.88 bits per heavy atom. The predicted octanol–water partition coefficient (Wildman–Crippen LogP) is 3.66. The van der Waals surface area contributed by atoms with E-state index in [4.69, 9.17) is 9.15 Å². The molecule has 0 saturated carbocycles. The van der Waals surface area contributed by atoms with E-state index in [0.29, 0.717) is 27.4 Å². The Labute approximate surface area is 145 Å². The van der Waals surface area contributed by atoms with Crippen molar-refractivity contribution in [2.45, 2.75) is 0 Å². The molecule has 2 heterocycles. The van der Waals surface area contributed by atoms with Crippen molar-refractivity contribution in [2.75, 3.05) is 12.4 Å². The Morgan fingerprint density at radius 2 is 2.04 bits per heavy atom. The Morgan fingerprint density at radius 1 is 1.20 bits per heavy atom. The second-order valence-corrected chi connectivity index (χ2v) is 6.29. The van der Waals surface area contributed by atoms with Gasteiger partial charge in [-0.1, -0.05) is 29.5 Å². The van der Waals surface area contributed by atoms with Gasteiger partial charge in [0.2, 0.25) is 5.43 Å². The molecule has 7 heteroatoms. The molecule has 0 bridgehead atoms. The normalized spacial score (nSPS) is 10.9. The molecule has 4 rings (SSSR count). The van der Waals surface area contributed by atoms with E-state index in [1.807, 2.05) is 12.1 Å².